The van der Waals surface area contributed by atoms with E-state index in [1.54, 1.807) is 0 Å². The molecule has 1 N–H and O–H groups in total. The number of hydrogen-bond donors (Lipinski definition) is 1. The third-order valence-electron chi connectivity index (χ3n) is 4.90. The Morgan fingerprint density at radius 2 is 2.07 bits per heavy atom. The fourth-order valence-electron chi connectivity index (χ4n) is 3.59. The number of piperidine rings is 1. The number of halogens is 3. The second-order valence-corrected chi connectivity index (χ2v) is 6.59. The molecule has 6 nitrogen and oxygen atoms in total. The Kier molecular flexibility index (Phi) is 5.03. The van der Waals surface area contributed by atoms with Gasteiger partial charge in [-0.15, -0.1) is 0 Å². The molecule has 0 unspecified atom stereocenters. The van der Waals surface area contributed by atoms with E-state index in [4.69, 9.17) is 9.26 Å². The number of methoxy groups -OCH3 is 1. The summed E-state index contributed by atoms with van der Waals surface area (Å²) in [5.74, 6) is 0.329. The van der Waals surface area contributed by atoms with E-state index in [1.807, 2.05) is 0 Å². The van der Waals surface area contributed by atoms with Gasteiger partial charge in [-0.05, 0) is 37.0 Å². The lowest BCUT2D eigenvalue weighted by molar-refractivity contribution is -0.138. The van der Waals surface area contributed by atoms with Gasteiger partial charge < -0.3 is 14.2 Å². The zero-order valence-corrected chi connectivity index (χ0v) is 14.8. The summed E-state index contributed by atoms with van der Waals surface area (Å²) in [4.78, 5) is 25.0. The third-order valence-corrected chi connectivity index (χ3v) is 4.90. The number of nitrogens with one attached hydrogen (secondary N) is 1. The molecule has 0 spiro atoms. The predicted octanol–water partition coefficient (Wildman–Crippen LogP) is 3.98. The van der Waals surface area contributed by atoms with Crippen molar-refractivity contribution >= 4 is 6.09 Å². The van der Waals surface area contributed by atoms with Gasteiger partial charge in [-0.2, -0.15) is 18.3 Å². The zero-order valence-electron chi connectivity index (χ0n) is 14.8. The van der Waals surface area contributed by atoms with Gasteiger partial charge in [-0.3, -0.25) is 4.79 Å². The molecule has 27 heavy (non-hydrogen) atoms. The number of rotatable bonds is 2. The van der Waals surface area contributed by atoms with Crippen LogP contribution in [0.3, 0.4) is 0 Å². The number of amides is 1. The van der Waals surface area contributed by atoms with Crippen molar-refractivity contribution in [2.45, 2.75) is 37.9 Å². The van der Waals surface area contributed by atoms with E-state index in [-0.39, 0.29) is 17.0 Å². The van der Waals surface area contributed by atoms with Crippen molar-refractivity contribution in [2.24, 2.45) is 0 Å². The maximum absolute atomic E-state index is 13.0. The Morgan fingerprint density at radius 3 is 2.63 bits per heavy atom. The fourth-order valence-corrected chi connectivity index (χ4v) is 3.59. The van der Waals surface area contributed by atoms with Crippen LogP contribution in [0.4, 0.5) is 18.0 Å². The number of carbonyl (C=O) groups excluding carboxylic acids is 1. The SMILES string of the molecule is COC(=O)N1CC[C@H](c2cc(=O)[nH]o2)C[C@@H]1c1ccc(C(F)(F)F)c(C)c1. The van der Waals surface area contributed by atoms with E-state index in [9.17, 15) is 22.8 Å². The van der Waals surface area contributed by atoms with Gasteiger partial charge in [-0.25, -0.2) is 4.79 Å². The first-order chi connectivity index (χ1) is 12.7. The van der Waals surface area contributed by atoms with Gasteiger partial charge >= 0.3 is 12.3 Å². The molecule has 9 heteroatoms. The number of carbonyl (C=O) groups is 1. The van der Waals surface area contributed by atoms with Crippen LogP contribution in [-0.4, -0.2) is 29.8 Å². The summed E-state index contributed by atoms with van der Waals surface area (Å²) in [6, 6.07) is 4.72. The highest BCUT2D eigenvalue weighted by Gasteiger charge is 2.37. The molecule has 0 bridgehead atoms. The minimum absolute atomic E-state index is 0.0834. The van der Waals surface area contributed by atoms with Gasteiger partial charge in [0.15, 0.2) is 0 Å². The highest BCUT2D eigenvalue weighted by Crippen LogP contribution is 2.41. The van der Waals surface area contributed by atoms with Gasteiger partial charge in [0.2, 0.25) is 0 Å². The van der Waals surface area contributed by atoms with Crippen molar-refractivity contribution in [3.05, 3.63) is 57.1 Å². The molecule has 1 aromatic heterocycles. The van der Waals surface area contributed by atoms with Crippen LogP contribution in [0, 0.1) is 6.92 Å². The van der Waals surface area contributed by atoms with E-state index in [0.717, 1.165) is 6.07 Å². The average Bonchev–Trinajstić information content (AvgIpc) is 3.05. The molecule has 0 saturated carbocycles. The molecular formula is C18H19F3N2O4. The van der Waals surface area contributed by atoms with Crippen LogP contribution in [0.2, 0.25) is 0 Å². The van der Waals surface area contributed by atoms with Crippen LogP contribution in [0.1, 0.15) is 47.3 Å². The van der Waals surface area contributed by atoms with Crippen molar-refractivity contribution in [3.63, 3.8) is 0 Å². The lowest BCUT2D eigenvalue weighted by Gasteiger charge is -2.38. The van der Waals surface area contributed by atoms with E-state index >= 15 is 0 Å². The number of aromatic amines is 1. The topological polar surface area (TPSA) is 75.5 Å². The molecule has 1 saturated heterocycles. The van der Waals surface area contributed by atoms with Crippen molar-refractivity contribution in [1.82, 2.24) is 10.1 Å². The van der Waals surface area contributed by atoms with Crippen molar-refractivity contribution in [2.75, 3.05) is 13.7 Å². The van der Waals surface area contributed by atoms with Gasteiger partial charge in [-0.1, -0.05) is 12.1 Å². The maximum Gasteiger partial charge on any atom is 0.416 e. The number of H-pyrrole nitrogens is 1. The first-order valence-corrected chi connectivity index (χ1v) is 8.41. The van der Waals surface area contributed by atoms with Crippen LogP contribution >= 0.6 is 0 Å². The molecule has 1 aliphatic rings. The number of ether oxygens (including phenoxy) is 1. The molecule has 3 rings (SSSR count). The summed E-state index contributed by atoms with van der Waals surface area (Å²) >= 11 is 0. The second kappa shape index (κ2) is 7.13. The molecular weight excluding hydrogens is 365 g/mol. The zero-order chi connectivity index (χ0) is 19.8. The standard InChI is InChI=1S/C18H19F3N2O4/c1-10-7-11(3-4-13(10)18(19,20)21)14-8-12(15-9-16(24)22-27-15)5-6-23(14)17(25)26-2/h3-4,7,9,12,14H,5-6,8H2,1-2H3,(H,22,24)/t12-,14+/m0/s1. The van der Waals surface area contributed by atoms with Crippen molar-refractivity contribution in [1.29, 1.82) is 0 Å². The number of benzene rings is 1. The number of aromatic nitrogens is 1. The fraction of sp³-hybridized carbons (Fsp3) is 0.444. The quantitative estimate of drug-likeness (QED) is 0.850. The summed E-state index contributed by atoms with van der Waals surface area (Å²) in [5, 5.41) is 2.24. The van der Waals surface area contributed by atoms with Crippen LogP contribution in [0.25, 0.3) is 0 Å². The number of hydrogen-bond acceptors (Lipinski definition) is 4. The van der Waals surface area contributed by atoms with E-state index in [1.165, 1.54) is 37.1 Å². The minimum Gasteiger partial charge on any atom is -0.453 e. The van der Waals surface area contributed by atoms with Crippen LogP contribution in [0.5, 0.6) is 0 Å². The summed E-state index contributed by atoms with van der Waals surface area (Å²) in [5.41, 5.74) is -0.407. The molecule has 0 radical (unpaired) electrons. The van der Waals surface area contributed by atoms with E-state index in [0.29, 0.717) is 30.7 Å². The molecule has 1 aromatic carbocycles. The first kappa shape index (κ1) is 19.1. The van der Waals surface area contributed by atoms with Gasteiger partial charge in [0.1, 0.15) is 5.76 Å². The van der Waals surface area contributed by atoms with Crippen LogP contribution in [0.15, 0.2) is 33.6 Å². The monoisotopic (exact) mass is 384 g/mol. The smallest absolute Gasteiger partial charge is 0.416 e. The van der Waals surface area contributed by atoms with Crippen LogP contribution < -0.4 is 5.56 Å². The number of alkyl halides is 3. The summed E-state index contributed by atoms with van der Waals surface area (Å²) in [6.45, 7) is 1.72. The summed E-state index contributed by atoms with van der Waals surface area (Å²) < 4.78 is 49.1. The minimum atomic E-state index is -4.44. The van der Waals surface area contributed by atoms with Crippen LogP contribution in [-0.2, 0) is 10.9 Å². The summed E-state index contributed by atoms with van der Waals surface area (Å²) in [6.07, 6.45) is -4.03. The van der Waals surface area contributed by atoms with Crippen molar-refractivity contribution in [3.8, 4) is 0 Å². The number of likely N-dealkylation sites (tertiary alicyclic amines) is 1. The third kappa shape index (κ3) is 3.86. The Morgan fingerprint density at radius 1 is 1.33 bits per heavy atom. The molecule has 2 heterocycles. The Bertz CT molecular complexity index is 887. The molecule has 146 valence electrons. The normalized spacial score (nSPS) is 20.6. The Labute approximate surface area is 152 Å². The Balaban J connectivity index is 1.95. The molecule has 1 amide bonds. The predicted molar refractivity (Wildman–Crippen MR) is 89.3 cm³/mol. The first-order valence-electron chi connectivity index (χ1n) is 8.41. The molecule has 1 fully saturated rings. The van der Waals surface area contributed by atoms with Gasteiger partial charge in [0, 0.05) is 18.5 Å². The molecule has 0 aliphatic carbocycles. The Hall–Kier alpha value is -2.71. The molecule has 1 aliphatic heterocycles. The van der Waals surface area contributed by atoms with Crippen molar-refractivity contribution < 1.29 is 27.2 Å². The lowest BCUT2D eigenvalue weighted by Crippen LogP contribution is -2.40. The summed E-state index contributed by atoms with van der Waals surface area (Å²) in [7, 11) is 1.26. The second-order valence-electron chi connectivity index (χ2n) is 6.59. The average molecular weight is 384 g/mol. The van der Waals surface area contributed by atoms with Gasteiger partial charge in [0.05, 0.1) is 18.7 Å². The number of nitrogens with zero attached hydrogens (tertiary/aromatic N) is 1. The molecule has 2 atom stereocenters. The maximum atomic E-state index is 13.0. The van der Waals surface area contributed by atoms with E-state index in [2.05, 4.69) is 5.16 Å². The highest BCUT2D eigenvalue weighted by molar-refractivity contribution is 5.68. The van der Waals surface area contributed by atoms with Gasteiger partial charge in [0.25, 0.3) is 5.56 Å². The highest BCUT2D eigenvalue weighted by atomic mass is 19.4. The lowest BCUT2D eigenvalue weighted by atomic mass is 9.85. The largest absolute Gasteiger partial charge is 0.453 e. The molecule has 2 aromatic rings. The van der Waals surface area contributed by atoms with E-state index < -0.39 is 23.9 Å². The number of aryl methyl sites for hydroxylation is 1.